The Balaban J connectivity index is 1.69. The summed E-state index contributed by atoms with van der Waals surface area (Å²) in [5.41, 5.74) is 0.571. The zero-order valence-corrected chi connectivity index (χ0v) is 21.8. The number of alkyl halides is 3. The highest BCUT2D eigenvalue weighted by atomic mass is 35.5. The number of nitrogens with zero attached hydrogens (tertiary/aromatic N) is 3. The lowest BCUT2D eigenvalue weighted by molar-refractivity contribution is -0.141. The monoisotopic (exact) mass is 561 g/mol. The lowest BCUT2D eigenvalue weighted by atomic mass is 9.93. The number of benzene rings is 1. The van der Waals surface area contributed by atoms with Crippen LogP contribution in [0.3, 0.4) is 0 Å². The molecule has 0 saturated heterocycles. The molecular weight excluding hydrogens is 539 g/mol. The standard InChI is InChI=1S/C23H23ClF3N3O4S2/c1-14(31)34-7-6-30-21-5-3-4-20(19(21)12-28-30)29(2)36(32,33)18-9-15(22-11-17(24)13-35-22)8-16(10-18)23(25,26)27/h8-13,20H,3-7H2,1-2H3/t20-/m1/s1. The maximum absolute atomic E-state index is 13.7. The molecule has 0 fully saturated rings. The normalized spacial score (nSPS) is 16.2. The molecule has 0 aliphatic heterocycles. The van der Waals surface area contributed by atoms with Gasteiger partial charge >= 0.3 is 12.1 Å². The summed E-state index contributed by atoms with van der Waals surface area (Å²) < 4.78 is 76.1. The van der Waals surface area contributed by atoms with Crippen LogP contribution in [0.1, 0.15) is 42.6 Å². The predicted molar refractivity (Wildman–Crippen MR) is 129 cm³/mol. The van der Waals surface area contributed by atoms with Gasteiger partial charge in [-0.15, -0.1) is 11.3 Å². The second kappa shape index (κ2) is 10.2. The third-order valence-electron chi connectivity index (χ3n) is 6.04. The number of halogens is 4. The number of thiophene rings is 1. The molecule has 13 heteroatoms. The molecule has 4 rings (SSSR count). The van der Waals surface area contributed by atoms with Crippen LogP contribution in [0.4, 0.5) is 13.2 Å². The number of rotatable bonds is 7. The van der Waals surface area contributed by atoms with Crippen LogP contribution < -0.4 is 0 Å². The highest BCUT2D eigenvalue weighted by Crippen LogP contribution is 2.40. The summed E-state index contributed by atoms with van der Waals surface area (Å²) >= 11 is 7.08. The minimum Gasteiger partial charge on any atom is -0.464 e. The highest BCUT2D eigenvalue weighted by Gasteiger charge is 2.37. The summed E-state index contributed by atoms with van der Waals surface area (Å²) in [6.45, 7) is 1.75. The van der Waals surface area contributed by atoms with Gasteiger partial charge in [-0.3, -0.25) is 9.48 Å². The first kappa shape index (κ1) is 26.6. The van der Waals surface area contributed by atoms with Gasteiger partial charge in [0.25, 0.3) is 0 Å². The van der Waals surface area contributed by atoms with Crippen LogP contribution in [-0.4, -0.2) is 42.1 Å². The Morgan fingerprint density at radius 1 is 1.31 bits per heavy atom. The highest BCUT2D eigenvalue weighted by molar-refractivity contribution is 7.89. The molecule has 1 atom stereocenters. The van der Waals surface area contributed by atoms with E-state index in [0.29, 0.717) is 47.3 Å². The molecule has 0 amide bonds. The van der Waals surface area contributed by atoms with Crippen molar-refractivity contribution in [2.45, 2.75) is 49.8 Å². The quantitative estimate of drug-likeness (QED) is 0.354. The van der Waals surface area contributed by atoms with E-state index in [1.807, 2.05) is 0 Å². The first-order chi connectivity index (χ1) is 16.9. The third-order valence-corrected chi connectivity index (χ3v) is 9.21. The van der Waals surface area contributed by atoms with Crippen LogP contribution in [0.15, 0.2) is 40.7 Å². The number of fused-ring (bicyclic) bond motifs is 1. The van der Waals surface area contributed by atoms with Crippen LogP contribution in [0.25, 0.3) is 10.4 Å². The molecule has 2 aromatic heterocycles. The Hall–Kier alpha value is -2.41. The number of hydrogen-bond donors (Lipinski definition) is 0. The Morgan fingerprint density at radius 3 is 2.69 bits per heavy atom. The Morgan fingerprint density at radius 2 is 2.06 bits per heavy atom. The minimum atomic E-state index is -4.74. The van der Waals surface area contributed by atoms with Crippen molar-refractivity contribution in [2.24, 2.45) is 0 Å². The van der Waals surface area contributed by atoms with Gasteiger partial charge in [-0.2, -0.15) is 22.6 Å². The molecule has 2 heterocycles. The summed E-state index contributed by atoms with van der Waals surface area (Å²) in [5, 5.41) is 6.25. The molecule has 0 unspecified atom stereocenters. The van der Waals surface area contributed by atoms with E-state index in [1.165, 1.54) is 26.1 Å². The third kappa shape index (κ3) is 5.46. The van der Waals surface area contributed by atoms with Crippen LogP contribution in [0, 0.1) is 0 Å². The van der Waals surface area contributed by atoms with Crippen molar-refractivity contribution in [3.63, 3.8) is 0 Å². The molecule has 0 radical (unpaired) electrons. The number of aromatic nitrogens is 2. The lowest BCUT2D eigenvalue weighted by Crippen LogP contribution is -2.33. The summed E-state index contributed by atoms with van der Waals surface area (Å²) in [6, 6.07) is 3.73. The Labute approximate surface area is 215 Å². The van der Waals surface area contributed by atoms with Crippen LogP contribution in [0.5, 0.6) is 0 Å². The molecule has 1 aliphatic carbocycles. The molecule has 7 nitrogen and oxygen atoms in total. The Kier molecular flexibility index (Phi) is 7.52. The average molecular weight is 562 g/mol. The van der Waals surface area contributed by atoms with Crippen LogP contribution >= 0.6 is 22.9 Å². The maximum Gasteiger partial charge on any atom is 0.416 e. The van der Waals surface area contributed by atoms with Crippen molar-refractivity contribution in [1.29, 1.82) is 0 Å². The van der Waals surface area contributed by atoms with Gasteiger partial charge in [-0.1, -0.05) is 11.6 Å². The summed E-state index contributed by atoms with van der Waals surface area (Å²) in [4.78, 5) is 11.0. The Bertz CT molecular complexity index is 1390. The molecular formula is C23H23ClF3N3O4S2. The number of hydrogen-bond acceptors (Lipinski definition) is 6. The first-order valence-corrected chi connectivity index (χ1v) is 13.7. The van der Waals surface area contributed by atoms with Gasteiger partial charge < -0.3 is 4.74 Å². The molecule has 0 bridgehead atoms. The van der Waals surface area contributed by atoms with Gasteiger partial charge in [0.15, 0.2) is 0 Å². The number of esters is 1. The van der Waals surface area contributed by atoms with Crippen molar-refractivity contribution < 1.29 is 31.1 Å². The molecule has 0 N–H and O–H groups in total. The number of sulfonamides is 1. The van der Waals surface area contributed by atoms with E-state index in [2.05, 4.69) is 5.10 Å². The van der Waals surface area contributed by atoms with Crippen molar-refractivity contribution in [3.05, 3.63) is 57.7 Å². The topological polar surface area (TPSA) is 81.5 Å². The van der Waals surface area contributed by atoms with E-state index in [9.17, 15) is 26.4 Å². The molecule has 3 aromatic rings. The van der Waals surface area contributed by atoms with E-state index < -0.39 is 38.7 Å². The fourth-order valence-electron chi connectivity index (χ4n) is 4.29. The zero-order chi connectivity index (χ0) is 26.3. The molecule has 194 valence electrons. The van der Waals surface area contributed by atoms with Crippen LogP contribution in [0.2, 0.25) is 5.02 Å². The SMILES string of the molecule is CC(=O)OCCn1ncc2c1CCC[C@H]2N(C)S(=O)(=O)c1cc(-c2cc(Cl)cs2)cc(C(F)(F)F)c1. The van der Waals surface area contributed by atoms with Gasteiger partial charge in [0.05, 0.1) is 34.3 Å². The number of carbonyl (C=O) groups excluding carboxylic acids is 1. The van der Waals surface area contributed by atoms with E-state index >= 15 is 0 Å². The van der Waals surface area contributed by atoms with Crippen molar-refractivity contribution in [2.75, 3.05) is 13.7 Å². The van der Waals surface area contributed by atoms with Crippen LogP contribution in [-0.2, 0) is 38.7 Å². The number of carbonyl (C=O) groups is 1. The van der Waals surface area contributed by atoms with Crippen molar-refractivity contribution >= 4 is 38.9 Å². The fourth-order valence-corrected chi connectivity index (χ4v) is 6.80. The summed E-state index contributed by atoms with van der Waals surface area (Å²) in [5.74, 6) is -0.412. The predicted octanol–water partition coefficient (Wildman–Crippen LogP) is 5.55. The van der Waals surface area contributed by atoms with Crippen molar-refractivity contribution in [1.82, 2.24) is 14.1 Å². The van der Waals surface area contributed by atoms with Gasteiger partial charge in [-0.05, 0) is 49.1 Å². The molecule has 36 heavy (non-hydrogen) atoms. The second-order valence-corrected chi connectivity index (χ2v) is 11.8. The summed E-state index contributed by atoms with van der Waals surface area (Å²) in [7, 11) is -2.94. The number of ether oxygens (including phenoxy) is 1. The van der Waals surface area contributed by atoms with Gasteiger partial charge in [0, 0.05) is 35.5 Å². The van der Waals surface area contributed by atoms with E-state index in [1.54, 1.807) is 16.3 Å². The molecule has 0 saturated carbocycles. The van der Waals surface area contributed by atoms with Gasteiger partial charge in [0.1, 0.15) is 6.61 Å². The van der Waals surface area contributed by atoms with Gasteiger partial charge in [0.2, 0.25) is 10.0 Å². The van der Waals surface area contributed by atoms with Crippen molar-refractivity contribution in [3.8, 4) is 10.4 Å². The zero-order valence-electron chi connectivity index (χ0n) is 19.4. The molecule has 0 spiro atoms. The minimum absolute atomic E-state index is 0.122. The van der Waals surface area contributed by atoms with Gasteiger partial charge in [-0.25, -0.2) is 8.42 Å². The largest absolute Gasteiger partial charge is 0.464 e. The summed E-state index contributed by atoms with van der Waals surface area (Å²) in [6.07, 6.45) is -1.35. The lowest BCUT2D eigenvalue weighted by Gasteiger charge is -2.31. The van der Waals surface area contributed by atoms with E-state index in [4.69, 9.17) is 16.3 Å². The van der Waals surface area contributed by atoms with E-state index in [0.717, 1.165) is 27.4 Å². The molecule has 1 aliphatic rings. The first-order valence-electron chi connectivity index (χ1n) is 11.0. The average Bonchev–Trinajstić information content (AvgIpc) is 3.44. The molecule has 1 aromatic carbocycles. The fraction of sp³-hybridized carbons (Fsp3) is 0.391. The maximum atomic E-state index is 13.7. The van der Waals surface area contributed by atoms with E-state index in [-0.39, 0.29) is 12.2 Å². The second-order valence-electron chi connectivity index (χ2n) is 8.41. The smallest absolute Gasteiger partial charge is 0.416 e.